The van der Waals surface area contributed by atoms with Gasteiger partial charge in [-0.1, -0.05) is 6.07 Å². The molecule has 0 atom stereocenters. The first kappa shape index (κ1) is 33.2. The molecule has 9 nitrogen and oxygen atoms in total. The second-order valence-corrected chi connectivity index (χ2v) is 13.2. The van der Waals surface area contributed by atoms with E-state index in [-0.39, 0.29) is 17.5 Å². The monoisotopic (exact) mass is 691 g/mol. The number of nitrogens with one attached hydrogen (secondary N) is 2. The molecule has 0 unspecified atom stereocenters. The molecule has 244 valence electrons. The summed E-state index contributed by atoms with van der Waals surface area (Å²) in [6.07, 6.45) is -0.821. The summed E-state index contributed by atoms with van der Waals surface area (Å²) in [4.78, 5) is 16.3. The Hall–Kier alpha value is -3.13. The van der Waals surface area contributed by atoms with Crippen LogP contribution in [0.4, 0.5) is 42.0 Å². The summed E-state index contributed by atoms with van der Waals surface area (Å²) in [5.74, 6) is 1.21. The quantitative estimate of drug-likeness (QED) is 0.245. The van der Waals surface area contributed by atoms with Crippen LogP contribution in [0.3, 0.4) is 0 Å². The van der Waals surface area contributed by atoms with Crippen molar-refractivity contribution in [3.8, 4) is 5.75 Å². The van der Waals surface area contributed by atoms with E-state index in [0.29, 0.717) is 16.1 Å². The number of alkyl halides is 3. The fourth-order valence-electron chi connectivity index (χ4n) is 6.00. The van der Waals surface area contributed by atoms with Crippen molar-refractivity contribution < 1.29 is 23.0 Å². The van der Waals surface area contributed by atoms with E-state index >= 15 is 0 Å². The van der Waals surface area contributed by atoms with Crippen molar-refractivity contribution in [3.05, 3.63) is 57.7 Å². The molecular weight excluding hydrogens is 651 g/mol. The molecule has 1 aromatic heterocycles. The molecule has 45 heavy (non-hydrogen) atoms. The van der Waals surface area contributed by atoms with E-state index in [4.69, 9.17) is 4.74 Å². The van der Waals surface area contributed by atoms with Crippen LogP contribution >= 0.6 is 15.9 Å². The van der Waals surface area contributed by atoms with Gasteiger partial charge in [0.15, 0.2) is 0 Å². The van der Waals surface area contributed by atoms with E-state index in [1.165, 1.54) is 26.1 Å². The lowest BCUT2D eigenvalue weighted by Gasteiger charge is -2.42. The molecule has 3 N–H and O–H groups in total. The molecule has 2 saturated heterocycles. The van der Waals surface area contributed by atoms with Crippen LogP contribution < -0.4 is 20.3 Å². The first-order valence-electron chi connectivity index (χ1n) is 15.1. The molecule has 2 aliphatic rings. The Morgan fingerprint density at radius 3 is 2.29 bits per heavy atom. The highest BCUT2D eigenvalue weighted by Crippen LogP contribution is 2.39. The number of hydrogen-bond acceptors (Lipinski definition) is 9. The third kappa shape index (κ3) is 7.82. The number of piperidine rings is 1. The van der Waals surface area contributed by atoms with Gasteiger partial charge in [0, 0.05) is 74.5 Å². The number of aromatic nitrogens is 2. The van der Waals surface area contributed by atoms with E-state index in [0.717, 1.165) is 86.9 Å². The van der Waals surface area contributed by atoms with Gasteiger partial charge in [-0.2, -0.15) is 18.2 Å². The topological polar surface area (TPSA) is 89.0 Å². The van der Waals surface area contributed by atoms with Crippen LogP contribution in [0.2, 0.25) is 0 Å². The van der Waals surface area contributed by atoms with Gasteiger partial charge in [-0.3, -0.25) is 4.90 Å². The summed E-state index contributed by atoms with van der Waals surface area (Å²) < 4.78 is 46.8. The Balaban J connectivity index is 1.34. The van der Waals surface area contributed by atoms with Gasteiger partial charge in [0.1, 0.15) is 11.6 Å². The maximum absolute atomic E-state index is 13.5. The number of aliphatic hydroxyl groups is 1. The molecule has 0 amide bonds. The van der Waals surface area contributed by atoms with Crippen molar-refractivity contribution in [2.45, 2.75) is 51.4 Å². The Bertz CT molecular complexity index is 1500. The fraction of sp³-hybridized carbons (Fsp3) is 0.500. The third-order valence-corrected chi connectivity index (χ3v) is 9.22. The Morgan fingerprint density at radius 1 is 0.978 bits per heavy atom. The number of halogens is 4. The second-order valence-electron chi connectivity index (χ2n) is 12.4. The van der Waals surface area contributed by atoms with Gasteiger partial charge in [0.25, 0.3) is 0 Å². The van der Waals surface area contributed by atoms with Crippen LogP contribution in [-0.4, -0.2) is 84.3 Å². The number of rotatable bonds is 8. The van der Waals surface area contributed by atoms with Gasteiger partial charge in [-0.15, -0.1) is 0 Å². The molecule has 0 bridgehead atoms. The van der Waals surface area contributed by atoms with Crippen molar-refractivity contribution in [2.75, 3.05) is 69.0 Å². The maximum atomic E-state index is 13.5. The molecular formula is C32H41BrF3N7O2. The van der Waals surface area contributed by atoms with E-state index in [2.05, 4.69) is 64.3 Å². The lowest BCUT2D eigenvalue weighted by atomic mass is 9.95. The van der Waals surface area contributed by atoms with Gasteiger partial charge in [0.2, 0.25) is 5.95 Å². The maximum Gasteiger partial charge on any atom is 0.416 e. The zero-order chi connectivity index (χ0) is 32.5. The molecule has 0 spiro atoms. The standard InChI is InChI=1S/C32H41BrF3N7O2/c1-20-16-27(43-10-8-22(9-11-43)42-14-12-41(4)13-15-42)28(45-5)18-25(20)39-30-37-19-24(33)29(40-30)38-26-17-21(32(34,35)36)6-7-23(26)31(2,3)44/h6-7,16-19,22,44H,8-15H2,1-5H3,(H2,37,38,39,40). The van der Waals surface area contributed by atoms with E-state index < -0.39 is 17.3 Å². The molecule has 2 aromatic carbocycles. The summed E-state index contributed by atoms with van der Waals surface area (Å²) in [5.41, 5.74) is 0.888. The van der Waals surface area contributed by atoms with Crippen molar-refractivity contribution in [3.63, 3.8) is 0 Å². The fourth-order valence-corrected chi connectivity index (χ4v) is 6.29. The first-order valence-corrected chi connectivity index (χ1v) is 15.9. The highest BCUT2D eigenvalue weighted by Gasteiger charge is 2.33. The van der Waals surface area contributed by atoms with E-state index in [9.17, 15) is 18.3 Å². The first-order chi connectivity index (χ1) is 21.2. The third-order valence-electron chi connectivity index (χ3n) is 8.63. The number of likely N-dealkylation sites (N-methyl/N-ethyl adjacent to an activating group) is 1. The number of piperazine rings is 1. The zero-order valence-electron chi connectivity index (χ0n) is 26.3. The summed E-state index contributed by atoms with van der Waals surface area (Å²) in [5, 5.41) is 16.9. The smallest absolute Gasteiger partial charge is 0.416 e. The summed E-state index contributed by atoms with van der Waals surface area (Å²) >= 11 is 3.40. The summed E-state index contributed by atoms with van der Waals surface area (Å²) in [6, 6.07) is 7.83. The van der Waals surface area contributed by atoms with Gasteiger partial charge in [-0.25, -0.2) is 4.98 Å². The lowest BCUT2D eigenvalue weighted by molar-refractivity contribution is -0.137. The molecule has 5 rings (SSSR count). The number of anilines is 5. The number of hydrogen-bond donors (Lipinski definition) is 3. The predicted octanol–water partition coefficient (Wildman–Crippen LogP) is 6.51. The highest BCUT2D eigenvalue weighted by atomic mass is 79.9. The number of aryl methyl sites for hydroxylation is 1. The van der Waals surface area contributed by atoms with Gasteiger partial charge >= 0.3 is 6.18 Å². The molecule has 0 aliphatic carbocycles. The minimum absolute atomic E-state index is 0.0845. The van der Waals surface area contributed by atoms with Crippen LogP contribution in [0.25, 0.3) is 0 Å². The predicted molar refractivity (Wildman–Crippen MR) is 175 cm³/mol. The number of benzene rings is 2. The van der Waals surface area contributed by atoms with Crippen molar-refractivity contribution in [1.29, 1.82) is 0 Å². The summed E-state index contributed by atoms with van der Waals surface area (Å²) in [6.45, 7) is 11.4. The van der Waals surface area contributed by atoms with Gasteiger partial charge < -0.3 is 30.3 Å². The normalized spacial score (nSPS) is 17.4. The number of nitrogens with zero attached hydrogens (tertiary/aromatic N) is 5. The van der Waals surface area contributed by atoms with Crippen LogP contribution in [-0.2, 0) is 11.8 Å². The Kier molecular flexibility index (Phi) is 9.83. The lowest BCUT2D eigenvalue weighted by Crippen LogP contribution is -2.52. The number of methoxy groups -OCH3 is 1. The van der Waals surface area contributed by atoms with E-state index in [1.54, 1.807) is 7.11 Å². The van der Waals surface area contributed by atoms with Crippen molar-refractivity contribution in [2.24, 2.45) is 0 Å². The SMILES string of the molecule is COc1cc(Nc2ncc(Br)c(Nc3cc(C(F)(F)F)ccc3C(C)(C)O)n2)c(C)cc1N1CCC(N2CCN(C)CC2)CC1. The molecule has 13 heteroatoms. The largest absolute Gasteiger partial charge is 0.495 e. The zero-order valence-corrected chi connectivity index (χ0v) is 27.9. The van der Waals surface area contributed by atoms with Crippen molar-refractivity contribution in [1.82, 2.24) is 19.8 Å². The van der Waals surface area contributed by atoms with Gasteiger partial charge in [-0.05, 0) is 80.4 Å². The van der Waals surface area contributed by atoms with Crippen LogP contribution in [0, 0.1) is 6.92 Å². The minimum Gasteiger partial charge on any atom is -0.495 e. The molecule has 2 fully saturated rings. The molecule has 2 aliphatic heterocycles. The molecule has 3 heterocycles. The Morgan fingerprint density at radius 2 is 1.67 bits per heavy atom. The van der Waals surface area contributed by atoms with Crippen LogP contribution in [0.15, 0.2) is 41.0 Å². The molecule has 0 saturated carbocycles. The molecule has 0 radical (unpaired) electrons. The average molecular weight is 693 g/mol. The average Bonchev–Trinajstić information content (AvgIpc) is 2.99. The summed E-state index contributed by atoms with van der Waals surface area (Å²) in [7, 11) is 3.84. The minimum atomic E-state index is -4.55. The van der Waals surface area contributed by atoms with Gasteiger partial charge in [0.05, 0.1) is 28.4 Å². The highest BCUT2D eigenvalue weighted by molar-refractivity contribution is 9.10. The van der Waals surface area contributed by atoms with Crippen LogP contribution in [0.1, 0.15) is 43.4 Å². The van der Waals surface area contributed by atoms with E-state index in [1.807, 2.05) is 13.0 Å². The second kappa shape index (κ2) is 13.3. The van der Waals surface area contributed by atoms with Crippen molar-refractivity contribution >= 4 is 44.8 Å². The van der Waals surface area contributed by atoms with Crippen LogP contribution in [0.5, 0.6) is 5.75 Å². The number of ether oxygens (including phenoxy) is 1. The molecule has 3 aromatic rings. The Labute approximate surface area is 270 Å².